The maximum atomic E-state index is 5.56. The van der Waals surface area contributed by atoms with E-state index in [9.17, 15) is 0 Å². The molecule has 0 aliphatic carbocycles. The van der Waals surface area contributed by atoms with Gasteiger partial charge >= 0.3 is 0 Å². The molecule has 0 bridgehead atoms. The van der Waals surface area contributed by atoms with Gasteiger partial charge in [0.25, 0.3) is 0 Å². The Morgan fingerprint density at radius 1 is 1.62 bits per heavy atom. The van der Waals surface area contributed by atoms with Crippen LogP contribution in [0.3, 0.4) is 0 Å². The Kier molecular flexibility index (Phi) is 3.28. The summed E-state index contributed by atoms with van der Waals surface area (Å²) in [5.74, 6) is 6.55. The molecule has 0 amide bonds. The Morgan fingerprint density at radius 2 is 2.44 bits per heavy atom. The number of imidazole rings is 1. The van der Waals surface area contributed by atoms with Gasteiger partial charge in [-0.2, -0.15) is 0 Å². The predicted octanol–water partition coefficient (Wildman–Crippen LogP) is 0.327. The van der Waals surface area contributed by atoms with Crippen molar-refractivity contribution in [1.29, 1.82) is 0 Å². The van der Waals surface area contributed by atoms with Crippen molar-refractivity contribution in [2.24, 2.45) is 12.9 Å². The van der Waals surface area contributed by atoms with Crippen LogP contribution in [0.5, 0.6) is 0 Å². The van der Waals surface area contributed by atoms with Crippen molar-refractivity contribution in [2.45, 2.75) is 19.4 Å². The average molecular weight is 238 g/mol. The smallest absolute Gasteiger partial charge is 0.110 e. The lowest BCUT2D eigenvalue weighted by Crippen LogP contribution is -2.30. The molecule has 6 nitrogen and oxygen atoms in total. The number of rotatable bonds is 4. The number of hydrazine groups is 1. The fraction of sp³-hybridized carbons (Fsp3) is 0.444. The van der Waals surface area contributed by atoms with Crippen LogP contribution in [0.4, 0.5) is 0 Å². The molecule has 0 aromatic carbocycles. The molecule has 0 saturated carbocycles. The number of hydrogen-bond donors (Lipinski definition) is 2. The first-order chi connectivity index (χ1) is 7.72. The molecule has 0 spiro atoms. The van der Waals surface area contributed by atoms with Crippen LogP contribution < -0.4 is 11.3 Å². The van der Waals surface area contributed by atoms with Crippen LogP contribution in [-0.2, 0) is 13.5 Å². The number of nitrogens with zero attached hydrogens (tertiary/aromatic N) is 4. The number of nitrogens with two attached hydrogens (primary N) is 1. The largest absolute Gasteiger partial charge is 0.338 e. The molecule has 0 aliphatic rings. The summed E-state index contributed by atoms with van der Waals surface area (Å²) in [5.41, 5.74) is 3.71. The highest BCUT2D eigenvalue weighted by atomic mass is 32.1. The molecular formula is C9H14N6S. The topological polar surface area (TPSA) is 81.7 Å². The van der Waals surface area contributed by atoms with E-state index in [1.54, 1.807) is 6.20 Å². The van der Waals surface area contributed by atoms with E-state index in [4.69, 9.17) is 5.84 Å². The molecule has 0 aliphatic heterocycles. The van der Waals surface area contributed by atoms with Gasteiger partial charge in [0.05, 0.1) is 16.6 Å². The Balaban J connectivity index is 2.19. The second kappa shape index (κ2) is 4.69. The summed E-state index contributed by atoms with van der Waals surface area (Å²) in [6.07, 6.45) is 4.42. The molecule has 2 heterocycles. The fourth-order valence-corrected chi connectivity index (χ4v) is 2.26. The summed E-state index contributed by atoms with van der Waals surface area (Å²) in [6, 6.07) is 0.0149. The molecular weight excluding hydrogens is 224 g/mol. The molecule has 0 saturated heterocycles. The van der Waals surface area contributed by atoms with Gasteiger partial charge in [-0.05, 0) is 18.5 Å². The standard InChI is InChI=1S/C9H14N6S/c1-6-9(16-14-13-6)7(12-10)5-8-11-3-4-15(8)2/h3-4,7,12H,5,10H2,1-2H3. The number of nitrogens with one attached hydrogen (secondary N) is 1. The lowest BCUT2D eigenvalue weighted by molar-refractivity contribution is 0.535. The van der Waals surface area contributed by atoms with Crippen molar-refractivity contribution < 1.29 is 0 Å². The first kappa shape index (κ1) is 11.2. The normalized spacial score (nSPS) is 12.9. The lowest BCUT2D eigenvalue weighted by Gasteiger charge is -2.13. The van der Waals surface area contributed by atoms with Crippen molar-refractivity contribution >= 4 is 11.5 Å². The van der Waals surface area contributed by atoms with E-state index in [1.165, 1.54) is 11.5 Å². The van der Waals surface area contributed by atoms with Crippen molar-refractivity contribution in [2.75, 3.05) is 0 Å². The Morgan fingerprint density at radius 3 is 2.94 bits per heavy atom. The molecule has 16 heavy (non-hydrogen) atoms. The third-order valence-electron chi connectivity index (χ3n) is 2.51. The van der Waals surface area contributed by atoms with E-state index in [0.717, 1.165) is 22.8 Å². The van der Waals surface area contributed by atoms with E-state index < -0.39 is 0 Å². The minimum Gasteiger partial charge on any atom is -0.338 e. The van der Waals surface area contributed by atoms with Crippen LogP contribution >= 0.6 is 11.5 Å². The zero-order valence-electron chi connectivity index (χ0n) is 9.21. The van der Waals surface area contributed by atoms with Gasteiger partial charge in [0.1, 0.15) is 5.82 Å². The summed E-state index contributed by atoms with van der Waals surface area (Å²) in [5, 5.41) is 3.98. The van der Waals surface area contributed by atoms with E-state index in [1.807, 2.05) is 24.7 Å². The Hall–Kier alpha value is -1.31. The maximum Gasteiger partial charge on any atom is 0.110 e. The van der Waals surface area contributed by atoms with E-state index in [0.29, 0.717) is 0 Å². The summed E-state index contributed by atoms with van der Waals surface area (Å²) in [6.45, 7) is 1.93. The quantitative estimate of drug-likeness (QED) is 0.592. The van der Waals surface area contributed by atoms with Crippen LogP contribution in [-0.4, -0.2) is 19.1 Å². The first-order valence-corrected chi connectivity index (χ1v) is 5.71. The van der Waals surface area contributed by atoms with Gasteiger partial charge in [-0.3, -0.25) is 11.3 Å². The van der Waals surface area contributed by atoms with E-state index in [-0.39, 0.29) is 6.04 Å². The first-order valence-electron chi connectivity index (χ1n) is 4.93. The molecule has 0 radical (unpaired) electrons. The number of hydrogen-bond acceptors (Lipinski definition) is 6. The van der Waals surface area contributed by atoms with Gasteiger partial charge in [-0.15, -0.1) is 5.10 Å². The highest BCUT2D eigenvalue weighted by molar-refractivity contribution is 7.05. The van der Waals surface area contributed by atoms with Crippen LogP contribution in [0.15, 0.2) is 12.4 Å². The molecule has 2 rings (SSSR count). The van der Waals surface area contributed by atoms with Crippen LogP contribution in [0.25, 0.3) is 0 Å². The van der Waals surface area contributed by atoms with Gasteiger partial charge in [0.15, 0.2) is 0 Å². The zero-order chi connectivity index (χ0) is 11.5. The second-order valence-corrected chi connectivity index (χ2v) is 4.39. The highest BCUT2D eigenvalue weighted by Crippen LogP contribution is 2.22. The highest BCUT2D eigenvalue weighted by Gasteiger charge is 2.18. The SMILES string of the molecule is Cc1nnsc1C(Cc1nccn1C)NN. The van der Waals surface area contributed by atoms with Crippen molar-refractivity contribution in [3.05, 3.63) is 28.8 Å². The van der Waals surface area contributed by atoms with Crippen molar-refractivity contribution in [3.63, 3.8) is 0 Å². The number of aryl methyl sites for hydroxylation is 2. The summed E-state index contributed by atoms with van der Waals surface area (Å²) >= 11 is 1.37. The molecule has 7 heteroatoms. The molecule has 0 fully saturated rings. The summed E-state index contributed by atoms with van der Waals surface area (Å²) in [4.78, 5) is 5.33. The maximum absolute atomic E-state index is 5.56. The molecule has 3 N–H and O–H groups in total. The minimum absolute atomic E-state index is 0.0149. The van der Waals surface area contributed by atoms with Gasteiger partial charge in [-0.1, -0.05) is 4.49 Å². The summed E-state index contributed by atoms with van der Waals surface area (Å²) < 4.78 is 5.89. The molecule has 2 aromatic rings. The average Bonchev–Trinajstić information content (AvgIpc) is 2.85. The second-order valence-electron chi connectivity index (χ2n) is 3.60. The predicted molar refractivity (Wildman–Crippen MR) is 61.6 cm³/mol. The minimum atomic E-state index is 0.0149. The molecule has 1 atom stereocenters. The van der Waals surface area contributed by atoms with Gasteiger partial charge < -0.3 is 4.57 Å². The van der Waals surface area contributed by atoms with Crippen molar-refractivity contribution in [1.82, 2.24) is 24.6 Å². The third-order valence-corrected chi connectivity index (χ3v) is 3.45. The van der Waals surface area contributed by atoms with E-state index >= 15 is 0 Å². The fourth-order valence-electron chi connectivity index (χ4n) is 1.56. The van der Waals surface area contributed by atoms with Crippen molar-refractivity contribution in [3.8, 4) is 0 Å². The molecule has 1 unspecified atom stereocenters. The zero-order valence-corrected chi connectivity index (χ0v) is 10.0. The summed E-state index contributed by atoms with van der Waals surface area (Å²) in [7, 11) is 1.97. The van der Waals surface area contributed by atoms with E-state index in [2.05, 4.69) is 20.0 Å². The van der Waals surface area contributed by atoms with Gasteiger partial charge in [0.2, 0.25) is 0 Å². The Labute approximate surface area is 97.6 Å². The number of aromatic nitrogens is 4. The van der Waals surface area contributed by atoms with Crippen LogP contribution in [0, 0.1) is 6.92 Å². The molecule has 86 valence electrons. The van der Waals surface area contributed by atoms with Crippen LogP contribution in [0.2, 0.25) is 0 Å². The Bertz CT molecular complexity index is 462. The lowest BCUT2D eigenvalue weighted by atomic mass is 10.1. The van der Waals surface area contributed by atoms with Crippen LogP contribution in [0.1, 0.15) is 22.4 Å². The molecule has 2 aromatic heterocycles. The monoisotopic (exact) mass is 238 g/mol. The van der Waals surface area contributed by atoms with Gasteiger partial charge in [-0.25, -0.2) is 4.98 Å². The van der Waals surface area contributed by atoms with Gasteiger partial charge in [0, 0.05) is 25.9 Å². The third kappa shape index (κ3) is 2.11.